The van der Waals surface area contributed by atoms with Gasteiger partial charge in [0, 0.05) is 42.4 Å². The minimum atomic E-state index is -1.10. The number of rotatable bonds is 9. The van der Waals surface area contributed by atoms with Crippen molar-refractivity contribution in [2.24, 2.45) is 5.73 Å². The zero-order valence-electron chi connectivity index (χ0n) is 18.6. The average molecular weight is 439 g/mol. The van der Waals surface area contributed by atoms with Crippen molar-refractivity contribution in [2.45, 2.75) is 32.0 Å². The Morgan fingerprint density at radius 1 is 1.06 bits per heavy atom. The van der Waals surface area contributed by atoms with Crippen molar-refractivity contribution in [3.8, 4) is 11.8 Å². The molecule has 0 aliphatic rings. The SMILES string of the molecule is COCCNCc1ccc(C#Cc2ccc(C(=O)N[C@H](C(=O)NO)C(C)(C)N)cc2)cc1. The maximum absolute atomic E-state index is 12.5. The highest BCUT2D eigenvalue weighted by Gasteiger charge is 2.33. The molecule has 0 aliphatic heterocycles. The molecule has 0 unspecified atom stereocenters. The van der Waals surface area contributed by atoms with E-state index in [0.717, 1.165) is 29.8 Å². The van der Waals surface area contributed by atoms with Crippen LogP contribution in [0.4, 0.5) is 0 Å². The summed E-state index contributed by atoms with van der Waals surface area (Å²) >= 11 is 0. The lowest BCUT2D eigenvalue weighted by Gasteiger charge is -2.29. The topological polar surface area (TPSA) is 126 Å². The molecule has 32 heavy (non-hydrogen) atoms. The Bertz CT molecular complexity index is 955. The zero-order chi connectivity index (χ0) is 23.6. The van der Waals surface area contributed by atoms with Gasteiger partial charge < -0.3 is 21.1 Å². The smallest absolute Gasteiger partial charge is 0.267 e. The Hall–Kier alpha value is -3.22. The highest BCUT2D eigenvalue weighted by Crippen LogP contribution is 2.09. The third-order valence-electron chi connectivity index (χ3n) is 4.66. The van der Waals surface area contributed by atoms with Gasteiger partial charge in [0.1, 0.15) is 6.04 Å². The lowest BCUT2D eigenvalue weighted by Crippen LogP contribution is -2.61. The van der Waals surface area contributed by atoms with Gasteiger partial charge in [0.2, 0.25) is 0 Å². The summed E-state index contributed by atoms with van der Waals surface area (Å²) in [5.74, 6) is 4.90. The second-order valence-electron chi connectivity index (χ2n) is 7.90. The van der Waals surface area contributed by atoms with E-state index in [0.29, 0.717) is 12.2 Å². The fraction of sp³-hybridized carbons (Fsp3) is 0.333. The molecule has 170 valence electrons. The minimum Gasteiger partial charge on any atom is -0.383 e. The zero-order valence-corrected chi connectivity index (χ0v) is 18.6. The molecule has 2 aromatic rings. The molecule has 1 atom stereocenters. The number of ether oxygens (including phenoxy) is 1. The number of hydrogen-bond acceptors (Lipinski definition) is 6. The Balaban J connectivity index is 1.99. The van der Waals surface area contributed by atoms with E-state index in [2.05, 4.69) is 22.5 Å². The number of hydroxylamine groups is 1. The van der Waals surface area contributed by atoms with Crippen molar-refractivity contribution in [1.82, 2.24) is 16.1 Å². The summed E-state index contributed by atoms with van der Waals surface area (Å²) < 4.78 is 5.00. The molecule has 0 saturated heterocycles. The molecule has 0 aromatic heterocycles. The maximum atomic E-state index is 12.5. The molecule has 0 saturated carbocycles. The van der Waals surface area contributed by atoms with Crippen LogP contribution in [0.1, 0.15) is 40.9 Å². The average Bonchev–Trinajstić information content (AvgIpc) is 2.78. The lowest BCUT2D eigenvalue weighted by molar-refractivity contribution is -0.132. The number of methoxy groups -OCH3 is 1. The molecule has 6 N–H and O–H groups in total. The fourth-order valence-electron chi connectivity index (χ4n) is 2.83. The molecule has 2 rings (SSSR count). The largest absolute Gasteiger partial charge is 0.383 e. The predicted octanol–water partition coefficient (Wildman–Crippen LogP) is 1.16. The number of carbonyl (C=O) groups is 2. The fourth-order valence-corrected chi connectivity index (χ4v) is 2.83. The molecule has 8 heteroatoms. The van der Waals surface area contributed by atoms with E-state index < -0.39 is 23.4 Å². The summed E-state index contributed by atoms with van der Waals surface area (Å²) in [5, 5.41) is 14.7. The van der Waals surface area contributed by atoms with Crippen LogP contribution in [0.15, 0.2) is 48.5 Å². The molecule has 0 heterocycles. The number of amides is 2. The van der Waals surface area contributed by atoms with Crippen molar-refractivity contribution in [1.29, 1.82) is 0 Å². The number of carbonyl (C=O) groups excluding carboxylic acids is 2. The first-order chi connectivity index (χ1) is 15.2. The highest BCUT2D eigenvalue weighted by atomic mass is 16.5. The van der Waals surface area contributed by atoms with Crippen LogP contribution in [0, 0.1) is 11.8 Å². The minimum absolute atomic E-state index is 0.348. The second kappa shape index (κ2) is 12.0. The van der Waals surface area contributed by atoms with Crippen LogP contribution in [0.2, 0.25) is 0 Å². The molecular weight excluding hydrogens is 408 g/mol. The summed E-state index contributed by atoms with van der Waals surface area (Å²) in [6.07, 6.45) is 0. The molecule has 0 spiro atoms. The van der Waals surface area contributed by atoms with Crippen molar-refractivity contribution in [2.75, 3.05) is 20.3 Å². The van der Waals surface area contributed by atoms with Crippen molar-refractivity contribution in [3.05, 3.63) is 70.8 Å². The molecule has 2 amide bonds. The van der Waals surface area contributed by atoms with Crippen molar-refractivity contribution < 1.29 is 19.5 Å². The third kappa shape index (κ3) is 7.80. The van der Waals surface area contributed by atoms with Crippen molar-refractivity contribution >= 4 is 11.8 Å². The predicted molar refractivity (Wildman–Crippen MR) is 122 cm³/mol. The normalized spacial score (nSPS) is 11.8. The van der Waals surface area contributed by atoms with Gasteiger partial charge in [-0.15, -0.1) is 0 Å². The number of nitrogens with one attached hydrogen (secondary N) is 3. The van der Waals surface area contributed by atoms with E-state index >= 15 is 0 Å². The van der Waals surface area contributed by atoms with Gasteiger partial charge in [0.05, 0.1) is 6.61 Å². The monoisotopic (exact) mass is 438 g/mol. The van der Waals surface area contributed by atoms with E-state index in [1.807, 2.05) is 24.3 Å². The summed E-state index contributed by atoms with van der Waals surface area (Å²) in [4.78, 5) is 24.3. The van der Waals surface area contributed by atoms with E-state index in [-0.39, 0.29) is 0 Å². The summed E-state index contributed by atoms with van der Waals surface area (Å²) in [5.41, 5.74) is 9.54. The Labute approximate surface area is 188 Å². The van der Waals surface area contributed by atoms with Gasteiger partial charge in [-0.2, -0.15) is 0 Å². The van der Waals surface area contributed by atoms with Gasteiger partial charge in [-0.05, 0) is 55.8 Å². The van der Waals surface area contributed by atoms with Crippen molar-refractivity contribution in [3.63, 3.8) is 0 Å². The van der Waals surface area contributed by atoms with E-state index in [9.17, 15) is 9.59 Å². The van der Waals surface area contributed by atoms with Gasteiger partial charge in [0.15, 0.2) is 0 Å². The van der Waals surface area contributed by atoms with Crippen LogP contribution in [-0.2, 0) is 16.1 Å². The molecule has 0 bridgehead atoms. The summed E-state index contributed by atoms with van der Waals surface area (Å²) in [7, 11) is 1.67. The van der Waals surface area contributed by atoms with Gasteiger partial charge in [-0.1, -0.05) is 24.0 Å². The number of hydrogen-bond donors (Lipinski definition) is 5. The summed E-state index contributed by atoms with van der Waals surface area (Å²) in [6.45, 7) is 5.40. The van der Waals surface area contributed by atoms with Gasteiger partial charge in [-0.25, -0.2) is 5.48 Å². The third-order valence-corrected chi connectivity index (χ3v) is 4.66. The van der Waals surface area contributed by atoms with Gasteiger partial charge in [0.25, 0.3) is 11.8 Å². The lowest BCUT2D eigenvalue weighted by atomic mass is 9.95. The first kappa shape index (κ1) is 25.0. The highest BCUT2D eigenvalue weighted by molar-refractivity contribution is 5.97. The standard InChI is InChI=1S/C24H30N4O4/c1-24(2,25)21(23(30)28-31)27-22(29)20-12-10-18(11-13-20)5-4-17-6-8-19(9-7-17)16-26-14-15-32-3/h6-13,21,26,31H,14-16,25H2,1-3H3,(H,27,29)(H,28,30)/t21-/m1/s1. The molecule has 2 aromatic carbocycles. The van der Waals surface area contributed by atoms with Crippen LogP contribution in [-0.4, -0.2) is 48.9 Å². The van der Waals surface area contributed by atoms with E-state index in [1.54, 1.807) is 45.2 Å². The summed E-state index contributed by atoms with van der Waals surface area (Å²) in [6, 6.07) is 13.6. The van der Waals surface area contributed by atoms with E-state index in [4.69, 9.17) is 15.7 Å². The van der Waals surface area contributed by atoms with E-state index in [1.165, 1.54) is 5.48 Å². The molecular formula is C24H30N4O4. The molecule has 0 fully saturated rings. The molecule has 0 radical (unpaired) electrons. The molecule has 8 nitrogen and oxygen atoms in total. The Morgan fingerprint density at radius 3 is 2.12 bits per heavy atom. The number of nitrogens with two attached hydrogens (primary N) is 1. The van der Waals surface area contributed by atoms with Gasteiger partial charge >= 0.3 is 0 Å². The number of benzene rings is 2. The Morgan fingerprint density at radius 2 is 1.62 bits per heavy atom. The second-order valence-corrected chi connectivity index (χ2v) is 7.90. The maximum Gasteiger partial charge on any atom is 0.267 e. The van der Waals surface area contributed by atoms with Crippen LogP contribution in [0.5, 0.6) is 0 Å². The quantitative estimate of drug-likeness (QED) is 0.173. The van der Waals surface area contributed by atoms with Crippen LogP contribution < -0.4 is 21.8 Å². The van der Waals surface area contributed by atoms with Crippen LogP contribution >= 0.6 is 0 Å². The van der Waals surface area contributed by atoms with Crippen LogP contribution in [0.3, 0.4) is 0 Å². The molecule has 0 aliphatic carbocycles. The Kier molecular flexibility index (Phi) is 9.38. The first-order valence-electron chi connectivity index (χ1n) is 10.2. The van der Waals surface area contributed by atoms with Gasteiger partial charge in [-0.3, -0.25) is 14.8 Å². The van der Waals surface area contributed by atoms with Crippen LogP contribution in [0.25, 0.3) is 0 Å². The first-order valence-corrected chi connectivity index (χ1v) is 10.2.